The van der Waals surface area contributed by atoms with E-state index in [0.717, 1.165) is 38.0 Å². The maximum Gasteiger partial charge on any atom is 0.288 e. The third kappa shape index (κ3) is 3.18. The first-order valence-corrected chi connectivity index (χ1v) is 7.90. The van der Waals surface area contributed by atoms with E-state index in [0.29, 0.717) is 11.1 Å². The molecule has 21 heavy (non-hydrogen) atoms. The van der Waals surface area contributed by atoms with Crippen LogP contribution in [0.2, 0.25) is 0 Å². The Bertz CT molecular complexity index is 518. The third-order valence-electron chi connectivity index (χ3n) is 4.00. The Kier molecular flexibility index (Phi) is 5.16. The second-order valence-corrected chi connectivity index (χ2v) is 6.27. The van der Waals surface area contributed by atoms with Crippen molar-refractivity contribution in [2.75, 3.05) is 25.2 Å². The van der Waals surface area contributed by atoms with Crippen LogP contribution in [0.5, 0.6) is 0 Å². The maximum atomic E-state index is 10.8. The van der Waals surface area contributed by atoms with Gasteiger partial charge >= 0.3 is 0 Å². The number of nitro groups is 1. The van der Waals surface area contributed by atoms with E-state index in [9.17, 15) is 10.1 Å². The van der Waals surface area contributed by atoms with E-state index < -0.39 is 4.92 Å². The highest BCUT2D eigenvalue weighted by Crippen LogP contribution is 2.40. The number of rotatable bonds is 6. The highest BCUT2D eigenvalue weighted by molar-refractivity contribution is 9.10. The Hall–Kier alpha value is -1.21. The summed E-state index contributed by atoms with van der Waals surface area (Å²) >= 11 is 3.43. The number of hydrogen-bond donors (Lipinski definition) is 0. The molecule has 6 nitrogen and oxygen atoms in total. The molecule has 0 bridgehead atoms. The molecule has 2 heterocycles. The second kappa shape index (κ2) is 6.70. The van der Waals surface area contributed by atoms with Gasteiger partial charge in [-0.25, -0.2) is 4.98 Å². The number of anilines is 1. The first-order valence-electron chi connectivity index (χ1n) is 7.10. The first-order chi connectivity index (χ1) is 10.0. The molecule has 1 aromatic rings. The van der Waals surface area contributed by atoms with E-state index in [1.807, 2.05) is 0 Å². The smallest absolute Gasteiger partial charge is 0.288 e. The Morgan fingerprint density at radius 2 is 2.38 bits per heavy atom. The summed E-state index contributed by atoms with van der Waals surface area (Å²) in [6, 6.07) is 1.52. The minimum absolute atomic E-state index is 0.00217. The zero-order valence-electron chi connectivity index (χ0n) is 12.3. The van der Waals surface area contributed by atoms with Gasteiger partial charge in [-0.2, -0.15) is 0 Å². The van der Waals surface area contributed by atoms with Crippen LogP contribution in [0.15, 0.2) is 16.7 Å². The average Bonchev–Trinajstić information content (AvgIpc) is 2.83. The Morgan fingerprint density at radius 3 is 2.95 bits per heavy atom. The average molecular weight is 358 g/mol. The lowest BCUT2D eigenvalue weighted by Crippen LogP contribution is -2.48. The van der Waals surface area contributed by atoms with Gasteiger partial charge in [-0.3, -0.25) is 10.1 Å². The van der Waals surface area contributed by atoms with E-state index in [4.69, 9.17) is 4.74 Å². The number of hydrogen-bond acceptors (Lipinski definition) is 5. The fraction of sp³-hybridized carbons (Fsp3) is 0.643. The van der Waals surface area contributed by atoms with E-state index in [1.54, 1.807) is 7.11 Å². The third-order valence-corrected chi connectivity index (χ3v) is 4.58. The van der Waals surface area contributed by atoms with Gasteiger partial charge in [0.05, 0.1) is 21.5 Å². The molecular formula is C14H20BrN3O3. The molecule has 1 aromatic heterocycles. The number of nitrogens with zero attached hydrogens (tertiary/aromatic N) is 3. The molecule has 7 heteroatoms. The van der Waals surface area contributed by atoms with Crippen LogP contribution in [0.3, 0.4) is 0 Å². The van der Waals surface area contributed by atoms with Crippen molar-refractivity contribution in [3.8, 4) is 0 Å². The number of aromatic nitrogens is 1. The summed E-state index contributed by atoms with van der Waals surface area (Å²) < 4.78 is 6.10. The van der Waals surface area contributed by atoms with Crippen molar-refractivity contribution in [1.82, 2.24) is 4.98 Å². The van der Waals surface area contributed by atoms with Gasteiger partial charge in [0.1, 0.15) is 12.0 Å². The molecule has 0 aliphatic carbocycles. The molecule has 1 unspecified atom stereocenters. The van der Waals surface area contributed by atoms with Crippen LogP contribution in [0.1, 0.15) is 32.6 Å². The second-order valence-electron chi connectivity index (χ2n) is 5.42. The predicted octanol–water partition coefficient (Wildman–Crippen LogP) is 3.54. The lowest BCUT2D eigenvalue weighted by molar-refractivity contribution is -0.385. The van der Waals surface area contributed by atoms with Crippen LogP contribution in [0.4, 0.5) is 11.5 Å². The number of pyridine rings is 1. The van der Waals surface area contributed by atoms with Crippen LogP contribution in [0.25, 0.3) is 0 Å². The van der Waals surface area contributed by atoms with Crippen molar-refractivity contribution >= 4 is 27.4 Å². The Labute approximate surface area is 132 Å². The number of halogens is 1. The SMILES string of the molecule is CCCC1(COC)CCCN1c1ncc([N+](=O)[O-])cc1Br. The molecule has 116 valence electrons. The lowest BCUT2D eigenvalue weighted by Gasteiger charge is -2.39. The highest BCUT2D eigenvalue weighted by Gasteiger charge is 2.41. The van der Waals surface area contributed by atoms with Gasteiger partial charge in [0.25, 0.3) is 5.69 Å². The van der Waals surface area contributed by atoms with E-state index >= 15 is 0 Å². The first kappa shape index (κ1) is 16.2. The van der Waals surface area contributed by atoms with E-state index in [1.165, 1.54) is 12.3 Å². The summed E-state index contributed by atoms with van der Waals surface area (Å²) in [5, 5.41) is 10.8. The van der Waals surface area contributed by atoms with E-state index in [2.05, 4.69) is 32.7 Å². The molecular weight excluding hydrogens is 338 g/mol. The fourth-order valence-electron chi connectivity index (χ4n) is 3.20. The van der Waals surface area contributed by atoms with Gasteiger partial charge in [0, 0.05) is 19.7 Å². The highest BCUT2D eigenvalue weighted by atomic mass is 79.9. The molecule has 2 rings (SSSR count). The molecule has 1 fully saturated rings. The number of ether oxygens (including phenoxy) is 1. The molecule has 1 atom stereocenters. The fourth-order valence-corrected chi connectivity index (χ4v) is 3.76. The summed E-state index contributed by atoms with van der Waals surface area (Å²) in [6.07, 6.45) is 5.53. The summed E-state index contributed by atoms with van der Waals surface area (Å²) in [4.78, 5) is 17.0. The predicted molar refractivity (Wildman–Crippen MR) is 84.7 cm³/mol. The van der Waals surface area contributed by atoms with E-state index in [-0.39, 0.29) is 11.2 Å². The van der Waals surface area contributed by atoms with Crippen molar-refractivity contribution in [1.29, 1.82) is 0 Å². The standard InChI is InChI=1S/C14H20BrN3O3/c1-3-5-14(10-21-2)6-4-7-17(14)13-12(15)8-11(9-16-13)18(19)20/h8-9H,3-7,10H2,1-2H3. The largest absolute Gasteiger partial charge is 0.382 e. The molecule has 0 radical (unpaired) electrons. The summed E-state index contributed by atoms with van der Waals surface area (Å²) in [5.41, 5.74) is -0.0625. The van der Waals surface area contributed by atoms with Gasteiger partial charge in [0.2, 0.25) is 0 Å². The van der Waals surface area contributed by atoms with Crippen molar-refractivity contribution in [3.05, 3.63) is 26.9 Å². The molecule has 0 spiro atoms. The van der Waals surface area contributed by atoms with Crippen LogP contribution in [0, 0.1) is 10.1 Å². The molecule has 0 amide bonds. The minimum atomic E-state index is -0.431. The van der Waals surface area contributed by atoms with Gasteiger partial charge in [-0.05, 0) is 35.2 Å². The molecule has 0 N–H and O–H groups in total. The summed E-state index contributed by atoms with van der Waals surface area (Å²) in [7, 11) is 1.71. The van der Waals surface area contributed by atoms with Crippen molar-refractivity contribution in [3.63, 3.8) is 0 Å². The Morgan fingerprint density at radius 1 is 1.62 bits per heavy atom. The zero-order chi connectivity index (χ0) is 15.5. The maximum absolute atomic E-state index is 10.8. The monoisotopic (exact) mass is 357 g/mol. The molecule has 1 aliphatic rings. The van der Waals surface area contributed by atoms with Gasteiger partial charge in [-0.1, -0.05) is 13.3 Å². The quantitative estimate of drug-likeness (QED) is 0.575. The summed E-state index contributed by atoms with van der Waals surface area (Å²) in [5.74, 6) is 0.767. The van der Waals surface area contributed by atoms with Crippen molar-refractivity contribution in [2.45, 2.75) is 38.1 Å². The number of methoxy groups -OCH3 is 1. The van der Waals surface area contributed by atoms with Crippen LogP contribution in [-0.2, 0) is 4.74 Å². The molecule has 0 aromatic carbocycles. The zero-order valence-corrected chi connectivity index (χ0v) is 13.9. The Balaban J connectivity index is 2.36. The molecule has 1 aliphatic heterocycles. The van der Waals surface area contributed by atoms with Crippen LogP contribution in [-0.4, -0.2) is 35.7 Å². The normalized spacial score (nSPS) is 21.8. The van der Waals surface area contributed by atoms with Gasteiger partial charge in [0.15, 0.2) is 0 Å². The molecule has 1 saturated heterocycles. The van der Waals surface area contributed by atoms with Crippen LogP contribution >= 0.6 is 15.9 Å². The van der Waals surface area contributed by atoms with Crippen molar-refractivity contribution < 1.29 is 9.66 Å². The van der Waals surface area contributed by atoms with Gasteiger partial charge in [-0.15, -0.1) is 0 Å². The van der Waals surface area contributed by atoms with Gasteiger partial charge < -0.3 is 9.64 Å². The van der Waals surface area contributed by atoms with Crippen LogP contribution < -0.4 is 4.90 Å². The topological polar surface area (TPSA) is 68.5 Å². The minimum Gasteiger partial charge on any atom is -0.382 e. The summed E-state index contributed by atoms with van der Waals surface area (Å²) in [6.45, 7) is 3.70. The van der Waals surface area contributed by atoms with Crippen molar-refractivity contribution in [2.24, 2.45) is 0 Å². The molecule has 0 saturated carbocycles. The lowest BCUT2D eigenvalue weighted by atomic mass is 9.91.